The molecular formula is C18H31NO3. The lowest BCUT2D eigenvalue weighted by Crippen LogP contribution is -2.46. The highest BCUT2D eigenvalue weighted by Crippen LogP contribution is 2.16. The molecule has 0 aliphatic rings. The Labute approximate surface area is 134 Å². The zero-order chi connectivity index (χ0) is 16.4. The van der Waals surface area contributed by atoms with Gasteiger partial charge in [-0.2, -0.15) is 0 Å². The summed E-state index contributed by atoms with van der Waals surface area (Å²) in [6, 6.07) is 8.10. The average molecular weight is 309 g/mol. The number of rotatable bonds is 11. The molecule has 0 heterocycles. The van der Waals surface area contributed by atoms with Crippen LogP contribution in [-0.2, 0) is 11.2 Å². The fourth-order valence-corrected chi connectivity index (χ4v) is 2.23. The number of β-amino-alcohol motifs (C(OH)–C–C–N with tert-alkyl or cyclic N) is 1. The second-order valence-electron chi connectivity index (χ2n) is 6.37. The third-order valence-electron chi connectivity index (χ3n) is 3.57. The number of ether oxygens (including phenoxy) is 2. The molecule has 22 heavy (non-hydrogen) atoms. The zero-order valence-electron chi connectivity index (χ0n) is 14.4. The quantitative estimate of drug-likeness (QED) is 0.617. The monoisotopic (exact) mass is 309 g/mol. The third kappa shape index (κ3) is 7.78. The highest BCUT2D eigenvalue weighted by atomic mass is 16.5. The van der Waals surface area contributed by atoms with E-state index in [1.807, 2.05) is 12.1 Å². The molecule has 4 nitrogen and oxygen atoms in total. The van der Waals surface area contributed by atoms with Crippen LogP contribution in [0, 0.1) is 0 Å². The van der Waals surface area contributed by atoms with Gasteiger partial charge in [0, 0.05) is 18.7 Å². The van der Waals surface area contributed by atoms with Crippen molar-refractivity contribution in [2.45, 2.75) is 51.7 Å². The second kappa shape index (κ2) is 9.82. The van der Waals surface area contributed by atoms with Gasteiger partial charge in [0.15, 0.2) is 0 Å². The van der Waals surface area contributed by atoms with Gasteiger partial charge in [-0.1, -0.05) is 25.5 Å². The Kier molecular flexibility index (Phi) is 8.46. The van der Waals surface area contributed by atoms with Gasteiger partial charge >= 0.3 is 0 Å². The molecule has 1 atom stereocenters. The lowest BCUT2D eigenvalue weighted by atomic mass is 9.94. The van der Waals surface area contributed by atoms with Crippen LogP contribution in [0.15, 0.2) is 24.3 Å². The maximum Gasteiger partial charge on any atom is 0.118 e. The molecule has 0 spiro atoms. The van der Waals surface area contributed by atoms with Crippen molar-refractivity contribution < 1.29 is 14.6 Å². The molecular weight excluding hydrogens is 278 g/mol. The first-order chi connectivity index (χ1) is 10.5. The number of hydrogen-bond acceptors (Lipinski definition) is 4. The first-order valence-electron chi connectivity index (χ1n) is 8.10. The van der Waals surface area contributed by atoms with Crippen LogP contribution in [0.5, 0.6) is 5.75 Å². The number of benzene rings is 1. The van der Waals surface area contributed by atoms with Gasteiger partial charge in [-0.3, -0.25) is 0 Å². The van der Waals surface area contributed by atoms with Crippen LogP contribution in [0.25, 0.3) is 0 Å². The Morgan fingerprint density at radius 2 is 1.91 bits per heavy atom. The molecule has 0 amide bonds. The molecule has 1 unspecified atom stereocenters. The van der Waals surface area contributed by atoms with Gasteiger partial charge in [0.05, 0.1) is 19.8 Å². The minimum absolute atomic E-state index is 0.0843. The van der Waals surface area contributed by atoms with Crippen molar-refractivity contribution >= 4 is 0 Å². The Bertz CT molecular complexity index is 403. The van der Waals surface area contributed by atoms with Crippen LogP contribution in [0.1, 0.15) is 39.2 Å². The van der Waals surface area contributed by atoms with E-state index in [1.165, 1.54) is 5.56 Å². The molecule has 2 N–H and O–H groups in total. The Balaban J connectivity index is 2.32. The first-order valence-corrected chi connectivity index (χ1v) is 8.10. The smallest absolute Gasteiger partial charge is 0.118 e. The number of nitrogens with one attached hydrogen (secondary N) is 1. The fraction of sp³-hybridized carbons (Fsp3) is 0.667. The molecule has 0 radical (unpaired) electrons. The van der Waals surface area contributed by atoms with Crippen molar-refractivity contribution in [2.24, 2.45) is 0 Å². The van der Waals surface area contributed by atoms with E-state index in [-0.39, 0.29) is 5.54 Å². The summed E-state index contributed by atoms with van der Waals surface area (Å²) in [5.74, 6) is 0.870. The van der Waals surface area contributed by atoms with Gasteiger partial charge in [0.1, 0.15) is 5.75 Å². The van der Waals surface area contributed by atoms with Crippen LogP contribution in [0.2, 0.25) is 0 Å². The summed E-state index contributed by atoms with van der Waals surface area (Å²) in [5, 5.41) is 13.4. The van der Waals surface area contributed by atoms with Crippen LogP contribution < -0.4 is 10.1 Å². The van der Waals surface area contributed by atoms with Crippen LogP contribution >= 0.6 is 0 Å². The summed E-state index contributed by atoms with van der Waals surface area (Å²) in [5.41, 5.74) is 1.16. The van der Waals surface area contributed by atoms with Crippen molar-refractivity contribution in [1.29, 1.82) is 0 Å². The molecule has 0 aromatic heterocycles. The third-order valence-corrected chi connectivity index (χ3v) is 3.57. The number of methoxy groups -OCH3 is 1. The molecule has 0 saturated carbocycles. The molecule has 1 rings (SSSR count). The zero-order valence-corrected chi connectivity index (χ0v) is 14.4. The van der Waals surface area contributed by atoms with E-state index in [1.54, 1.807) is 7.11 Å². The van der Waals surface area contributed by atoms with Crippen molar-refractivity contribution in [2.75, 3.05) is 26.9 Å². The van der Waals surface area contributed by atoms with Gasteiger partial charge in [-0.25, -0.2) is 0 Å². The van der Waals surface area contributed by atoms with E-state index in [4.69, 9.17) is 9.47 Å². The molecule has 4 heteroatoms. The van der Waals surface area contributed by atoms with Gasteiger partial charge in [0.2, 0.25) is 0 Å². The van der Waals surface area contributed by atoms with Crippen LogP contribution in [0.4, 0.5) is 0 Å². The normalized spacial score (nSPS) is 13.1. The fourth-order valence-electron chi connectivity index (χ4n) is 2.23. The minimum Gasteiger partial charge on any atom is -0.497 e. The summed E-state index contributed by atoms with van der Waals surface area (Å²) < 4.78 is 10.6. The summed E-state index contributed by atoms with van der Waals surface area (Å²) in [6.07, 6.45) is 2.58. The second-order valence-corrected chi connectivity index (χ2v) is 6.37. The van der Waals surface area contributed by atoms with E-state index in [2.05, 4.69) is 38.2 Å². The Hall–Kier alpha value is -1.10. The number of aliphatic hydroxyl groups is 1. The standard InChI is InChI=1S/C18H31NO3/c1-5-6-11-22-14-16(20)13-19-18(2,3)12-15-7-9-17(21-4)10-8-15/h7-10,16,19-20H,5-6,11-14H2,1-4H3. The van der Waals surface area contributed by atoms with E-state index in [0.29, 0.717) is 13.2 Å². The van der Waals surface area contributed by atoms with Gasteiger partial charge < -0.3 is 19.9 Å². The predicted molar refractivity (Wildman–Crippen MR) is 90.5 cm³/mol. The van der Waals surface area contributed by atoms with Gasteiger partial charge in [0.25, 0.3) is 0 Å². The van der Waals surface area contributed by atoms with Crippen molar-refractivity contribution in [1.82, 2.24) is 5.32 Å². The first kappa shape index (κ1) is 18.9. The van der Waals surface area contributed by atoms with Crippen molar-refractivity contribution in [3.63, 3.8) is 0 Å². The average Bonchev–Trinajstić information content (AvgIpc) is 2.50. The largest absolute Gasteiger partial charge is 0.497 e. The summed E-state index contributed by atoms with van der Waals surface area (Å²) >= 11 is 0. The van der Waals surface area contributed by atoms with E-state index >= 15 is 0 Å². The molecule has 0 bridgehead atoms. The molecule has 1 aromatic rings. The SMILES string of the molecule is CCCCOCC(O)CNC(C)(C)Cc1ccc(OC)cc1. The van der Waals surface area contributed by atoms with Gasteiger partial charge in [-0.05, 0) is 44.4 Å². The van der Waals surface area contributed by atoms with E-state index < -0.39 is 6.10 Å². The number of unbranched alkanes of at least 4 members (excludes halogenated alkanes) is 1. The highest BCUT2D eigenvalue weighted by Gasteiger charge is 2.19. The topological polar surface area (TPSA) is 50.7 Å². The maximum atomic E-state index is 9.94. The Morgan fingerprint density at radius 3 is 2.50 bits per heavy atom. The lowest BCUT2D eigenvalue weighted by molar-refractivity contribution is 0.0325. The van der Waals surface area contributed by atoms with Crippen molar-refractivity contribution in [3.8, 4) is 5.75 Å². The summed E-state index contributed by atoms with van der Waals surface area (Å²) in [4.78, 5) is 0. The number of hydrogen-bond donors (Lipinski definition) is 2. The summed E-state index contributed by atoms with van der Waals surface area (Å²) in [7, 11) is 1.67. The molecule has 0 fully saturated rings. The van der Waals surface area contributed by atoms with E-state index in [0.717, 1.165) is 31.6 Å². The highest BCUT2D eigenvalue weighted by molar-refractivity contribution is 5.28. The maximum absolute atomic E-state index is 9.94. The van der Waals surface area contributed by atoms with Gasteiger partial charge in [-0.15, -0.1) is 0 Å². The number of aliphatic hydroxyl groups excluding tert-OH is 1. The molecule has 126 valence electrons. The van der Waals surface area contributed by atoms with E-state index in [9.17, 15) is 5.11 Å². The van der Waals surface area contributed by atoms with Crippen LogP contribution in [-0.4, -0.2) is 43.6 Å². The van der Waals surface area contributed by atoms with Crippen LogP contribution in [0.3, 0.4) is 0 Å². The summed E-state index contributed by atoms with van der Waals surface area (Å²) in [6.45, 7) is 8.07. The molecule has 0 aliphatic heterocycles. The molecule has 0 saturated heterocycles. The van der Waals surface area contributed by atoms with Crippen molar-refractivity contribution in [3.05, 3.63) is 29.8 Å². The molecule has 1 aromatic carbocycles. The Morgan fingerprint density at radius 1 is 1.23 bits per heavy atom. The molecule has 0 aliphatic carbocycles. The minimum atomic E-state index is -0.466. The lowest BCUT2D eigenvalue weighted by Gasteiger charge is -2.28. The predicted octanol–water partition coefficient (Wildman–Crippen LogP) is 2.78.